The molecule has 2 atom stereocenters. The number of nitrogens with zero attached hydrogens (tertiary/aromatic N) is 1. The van der Waals surface area contributed by atoms with Crippen molar-refractivity contribution in [3.05, 3.63) is 46.4 Å². The number of benzene rings is 2. The van der Waals surface area contributed by atoms with E-state index in [0.717, 1.165) is 0 Å². The number of hydrogen-bond donors (Lipinski definition) is 1. The lowest BCUT2D eigenvalue weighted by Crippen LogP contribution is -2.44. The molecule has 0 spiro atoms. The second-order valence-electron chi connectivity index (χ2n) is 6.35. The van der Waals surface area contributed by atoms with Gasteiger partial charge in [-0.15, -0.1) is 0 Å². The lowest BCUT2D eigenvalue weighted by Gasteiger charge is -2.32. The lowest BCUT2D eigenvalue weighted by molar-refractivity contribution is -0.125. The molecule has 1 aliphatic rings. The van der Waals surface area contributed by atoms with Gasteiger partial charge in [-0.2, -0.15) is 0 Å². The van der Waals surface area contributed by atoms with Crippen LogP contribution in [0.5, 0.6) is 11.5 Å². The SMILES string of the molecule is CCN1C(=O)C(C)Oc2ccc(NC(=O)C(C)Oc3ccc(Cl)cc3Cl)cc21. The first-order valence-corrected chi connectivity index (χ1v) is 9.60. The van der Waals surface area contributed by atoms with E-state index in [2.05, 4.69) is 5.32 Å². The maximum absolute atomic E-state index is 12.5. The third-order valence-corrected chi connectivity index (χ3v) is 4.85. The molecule has 0 saturated heterocycles. The van der Waals surface area contributed by atoms with Gasteiger partial charge in [0.05, 0.1) is 10.7 Å². The van der Waals surface area contributed by atoms with Gasteiger partial charge < -0.3 is 19.7 Å². The van der Waals surface area contributed by atoms with Crippen LogP contribution in [-0.4, -0.2) is 30.6 Å². The van der Waals surface area contributed by atoms with E-state index in [0.29, 0.717) is 39.5 Å². The highest BCUT2D eigenvalue weighted by Crippen LogP contribution is 2.36. The predicted octanol–water partition coefficient (Wildman–Crippen LogP) is 4.53. The van der Waals surface area contributed by atoms with Crippen molar-refractivity contribution < 1.29 is 19.1 Å². The van der Waals surface area contributed by atoms with Gasteiger partial charge in [-0.1, -0.05) is 23.2 Å². The number of anilines is 2. The molecule has 0 bridgehead atoms. The minimum Gasteiger partial charge on any atom is -0.479 e. The summed E-state index contributed by atoms with van der Waals surface area (Å²) in [7, 11) is 0. The molecular formula is C20H20Cl2N2O4. The van der Waals surface area contributed by atoms with Gasteiger partial charge in [0.25, 0.3) is 11.8 Å². The number of amides is 2. The molecule has 0 radical (unpaired) electrons. The van der Waals surface area contributed by atoms with Gasteiger partial charge in [0, 0.05) is 17.3 Å². The van der Waals surface area contributed by atoms with Crippen molar-refractivity contribution in [3.63, 3.8) is 0 Å². The van der Waals surface area contributed by atoms with Crippen LogP contribution in [0.3, 0.4) is 0 Å². The highest BCUT2D eigenvalue weighted by atomic mass is 35.5. The van der Waals surface area contributed by atoms with Crippen LogP contribution in [0.2, 0.25) is 10.0 Å². The van der Waals surface area contributed by atoms with Gasteiger partial charge in [-0.25, -0.2) is 0 Å². The molecule has 1 heterocycles. The van der Waals surface area contributed by atoms with E-state index in [1.54, 1.807) is 55.1 Å². The number of nitrogens with one attached hydrogen (secondary N) is 1. The van der Waals surface area contributed by atoms with Gasteiger partial charge in [-0.3, -0.25) is 9.59 Å². The number of halogens is 2. The van der Waals surface area contributed by atoms with Gasteiger partial charge >= 0.3 is 0 Å². The molecular weight excluding hydrogens is 403 g/mol. The van der Waals surface area contributed by atoms with E-state index in [1.165, 1.54) is 0 Å². The fraction of sp³-hybridized carbons (Fsp3) is 0.300. The highest BCUT2D eigenvalue weighted by molar-refractivity contribution is 6.35. The fourth-order valence-electron chi connectivity index (χ4n) is 2.87. The quantitative estimate of drug-likeness (QED) is 0.767. The molecule has 148 valence electrons. The summed E-state index contributed by atoms with van der Waals surface area (Å²) in [6, 6.07) is 9.95. The van der Waals surface area contributed by atoms with Crippen molar-refractivity contribution in [2.24, 2.45) is 0 Å². The number of fused-ring (bicyclic) bond motifs is 1. The van der Waals surface area contributed by atoms with E-state index in [4.69, 9.17) is 32.7 Å². The summed E-state index contributed by atoms with van der Waals surface area (Å²) in [4.78, 5) is 26.4. The first-order chi connectivity index (χ1) is 13.3. The summed E-state index contributed by atoms with van der Waals surface area (Å²) in [6.45, 7) is 5.72. The van der Waals surface area contributed by atoms with Crippen molar-refractivity contribution in [1.29, 1.82) is 0 Å². The largest absolute Gasteiger partial charge is 0.479 e. The van der Waals surface area contributed by atoms with Crippen LogP contribution < -0.4 is 19.7 Å². The Hall–Kier alpha value is -2.44. The Morgan fingerprint density at radius 1 is 1.29 bits per heavy atom. The van der Waals surface area contributed by atoms with Crippen LogP contribution in [0.4, 0.5) is 11.4 Å². The van der Waals surface area contributed by atoms with E-state index in [-0.39, 0.29) is 11.8 Å². The molecule has 1 N–H and O–H groups in total. The Morgan fingerprint density at radius 2 is 2.04 bits per heavy atom. The molecule has 1 aliphatic heterocycles. The Labute approximate surface area is 173 Å². The van der Waals surface area contributed by atoms with Crippen molar-refractivity contribution >= 4 is 46.4 Å². The standard InChI is InChI=1S/C20H20Cl2N2O4/c1-4-24-16-10-14(6-8-18(16)28-12(3)20(24)26)23-19(25)11(2)27-17-7-5-13(21)9-15(17)22/h5-12H,4H2,1-3H3,(H,23,25). The van der Waals surface area contributed by atoms with Crippen molar-refractivity contribution in [1.82, 2.24) is 0 Å². The molecule has 0 fully saturated rings. The molecule has 0 aromatic heterocycles. The number of ether oxygens (including phenoxy) is 2. The average Bonchev–Trinajstić information content (AvgIpc) is 2.65. The van der Waals surface area contributed by atoms with Crippen molar-refractivity contribution in [2.45, 2.75) is 33.0 Å². The molecule has 0 aliphatic carbocycles. The van der Waals surface area contributed by atoms with Crippen molar-refractivity contribution in [3.8, 4) is 11.5 Å². The summed E-state index contributed by atoms with van der Waals surface area (Å²) in [5.74, 6) is 0.492. The fourth-order valence-corrected chi connectivity index (χ4v) is 3.32. The van der Waals surface area contributed by atoms with Crippen LogP contribution in [-0.2, 0) is 9.59 Å². The molecule has 6 nitrogen and oxygen atoms in total. The zero-order valence-corrected chi connectivity index (χ0v) is 17.2. The van der Waals surface area contributed by atoms with E-state index in [9.17, 15) is 9.59 Å². The normalized spacial score (nSPS) is 16.8. The van der Waals surface area contributed by atoms with Crippen LogP contribution in [0.25, 0.3) is 0 Å². The van der Waals surface area contributed by atoms with Gasteiger partial charge in [-0.05, 0) is 57.2 Å². The second kappa shape index (κ2) is 8.29. The summed E-state index contributed by atoms with van der Waals surface area (Å²) >= 11 is 11.9. The van der Waals surface area contributed by atoms with Gasteiger partial charge in [0.1, 0.15) is 11.5 Å². The minimum absolute atomic E-state index is 0.118. The number of carbonyl (C=O) groups is 2. The maximum Gasteiger partial charge on any atom is 0.267 e. The Balaban J connectivity index is 1.74. The smallest absolute Gasteiger partial charge is 0.267 e. The molecule has 28 heavy (non-hydrogen) atoms. The molecule has 0 saturated carbocycles. The summed E-state index contributed by atoms with van der Waals surface area (Å²) in [6.07, 6.45) is -1.33. The summed E-state index contributed by atoms with van der Waals surface area (Å²) < 4.78 is 11.3. The van der Waals surface area contributed by atoms with Gasteiger partial charge in [0.15, 0.2) is 12.2 Å². The first-order valence-electron chi connectivity index (χ1n) is 8.84. The predicted molar refractivity (Wildman–Crippen MR) is 110 cm³/mol. The van der Waals surface area contributed by atoms with Gasteiger partial charge in [0.2, 0.25) is 0 Å². The number of rotatable bonds is 5. The molecule has 2 aromatic carbocycles. The molecule has 8 heteroatoms. The molecule has 3 rings (SSSR count). The monoisotopic (exact) mass is 422 g/mol. The Bertz CT molecular complexity index is 919. The molecule has 2 amide bonds. The summed E-state index contributed by atoms with van der Waals surface area (Å²) in [5, 5.41) is 3.59. The van der Waals surface area contributed by atoms with Crippen LogP contribution in [0.1, 0.15) is 20.8 Å². The first kappa shape index (κ1) is 20.3. The zero-order chi connectivity index (χ0) is 20.4. The van der Waals surface area contributed by atoms with Crippen molar-refractivity contribution in [2.75, 3.05) is 16.8 Å². The maximum atomic E-state index is 12.5. The van der Waals surface area contributed by atoms with E-state index >= 15 is 0 Å². The lowest BCUT2D eigenvalue weighted by atomic mass is 10.1. The van der Waals surface area contributed by atoms with E-state index < -0.39 is 12.2 Å². The second-order valence-corrected chi connectivity index (χ2v) is 7.19. The highest BCUT2D eigenvalue weighted by Gasteiger charge is 2.30. The van der Waals surface area contributed by atoms with Crippen LogP contribution >= 0.6 is 23.2 Å². The topological polar surface area (TPSA) is 67.9 Å². The van der Waals surface area contributed by atoms with Crippen LogP contribution in [0, 0.1) is 0 Å². The number of hydrogen-bond acceptors (Lipinski definition) is 4. The third-order valence-electron chi connectivity index (χ3n) is 4.32. The zero-order valence-electron chi connectivity index (χ0n) is 15.7. The van der Waals surface area contributed by atoms with E-state index in [1.807, 2.05) is 6.92 Å². The molecule has 2 aromatic rings. The number of carbonyl (C=O) groups excluding carboxylic acids is 2. The minimum atomic E-state index is -0.796. The third kappa shape index (κ3) is 4.18. The Morgan fingerprint density at radius 3 is 2.71 bits per heavy atom. The van der Waals surface area contributed by atoms with Crippen LogP contribution in [0.15, 0.2) is 36.4 Å². The molecule has 2 unspecified atom stereocenters. The number of likely N-dealkylation sites (N-methyl/N-ethyl adjacent to an activating group) is 1. The summed E-state index contributed by atoms with van der Waals surface area (Å²) in [5.41, 5.74) is 1.16. The Kier molecular flexibility index (Phi) is 6.01. The average molecular weight is 423 g/mol.